The number of ether oxygens (including phenoxy) is 1. The van der Waals surface area contributed by atoms with Crippen molar-refractivity contribution < 1.29 is 18.8 Å². The molecule has 1 fully saturated rings. The molecule has 48 heavy (non-hydrogen) atoms. The van der Waals surface area contributed by atoms with Crippen LogP contribution in [0.4, 0.5) is 5.69 Å². The fourth-order valence-corrected chi connectivity index (χ4v) is 10.5. The zero-order chi connectivity index (χ0) is 33.7. The Labute approximate surface area is 289 Å². The van der Waals surface area contributed by atoms with Crippen LogP contribution in [0.1, 0.15) is 86.0 Å². The van der Waals surface area contributed by atoms with Gasteiger partial charge in [-0.3, -0.25) is 9.52 Å². The Kier molecular flexibility index (Phi) is 9.00. The number of aliphatic hydroxyl groups is 1. The van der Waals surface area contributed by atoms with Gasteiger partial charge < -0.3 is 14.7 Å². The molecular formula is C38H47ClN4O4S. The number of fused-ring (bicyclic) bond motifs is 4. The summed E-state index contributed by atoms with van der Waals surface area (Å²) in [4.78, 5) is 24.7. The molecule has 1 spiro atoms. The average Bonchev–Trinajstić information content (AvgIpc) is 3.19. The van der Waals surface area contributed by atoms with Crippen molar-refractivity contribution in [2.75, 3.05) is 24.6 Å². The topological polar surface area (TPSA) is 105 Å². The van der Waals surface area contributed by atoms with Crippen molar-refractivity contribution in [3.63, 3.8) is 0 Å². The van der Waals surface area contributed by atoms with Gasteiger partial charge in [-0.15, -0.1) is 0 Å². The second-order valence-corrected chi connectivity index (χ2v) is 17.8. The highest BCUT2D eigenvalue weighted by Crippen LogP contribution is 2.49. The Balaban J connectivity index is 1.31. The quantitative estimate of drug-likeness (QED) is 0.310. The zero-order valence-electron chi connectivity index (χ0n) is 28.0. The van der Waals surface area contributed by atoms with E-state index in [1.165, 1.54) is 11.1 Å². The second kappa shape index (κ2) is 13.0. The zero-order valence-corrected chi connectivity index (χ0v) is 29.6. The predicted octanol–water partition coefficient (Wildman–Crippen LogP) is 6.17. The first kappa shape index (κ1) is 33.4. The van der Waals surface area contributed by atoms with E-state index in [2.05, 4.69) is 44.5 Å². The number of carbonyl (C=O) groups is 1. The number of rotatable bonds is 2. The van der Waals surface area contributed by atoms with E-state index in [1.807, 2.05) is 31.2 Å². The molecule has 1 saturated carbocycles. The van der Waals surface area contributed by atoms with E-state index in [-0.39, 0.29) is 34.3 Å². The van der Waals surface area contributed by atoms with E-state index in [0.717, 1.165) is 73.6 Å². The summed E-state index contributed by atoms with van der Waals surface area (Å²) in [6.07, 6.45) is 10.8. The maximum absolute atomic E-state index is 13.9. The Morgan fingerprint density at radius 2 is 1.98 bits per heavy atom. The number of anilines is 1. The van der Waals surface area contributed by atoms with Crippen molar-refractivity contribution in [1.29, 1.82) is 0 Å². The minimum atomic E-state index is -2.96. The third-order valence-corrected chi connectivity index (χ3v) is 14.4. The summed E-state index contributed by atoms with van der Waals surface area (Å²) >= 11 is 6.46. The Morgan fingerprint density at radius 1 is 1.12 bits per heavy atom. The lowest BCUT2D eigenvalue weighted by Crippen LogP contribution is -2.54. The number of hydrogen-bond acceptors (Lipinski definition) is 7. The van der Waals surface area contributed by atoms with Gasteiger partial charge in [0.05, 0.1) is 27.6 Å². The number of aryl methyl sites for hydroxylation is 1. The minimum absolute atomic E-state index is 0.0315. The highest BCUT2D eigenvalue weighted by molar-refractivity contribution is 7.99. The summed E-state index contributed by atoms with van der Waals surface area (Å²) < 4.78 is 23.4. The minimum Gasteiger partial charge on any atom is -0.490 e. The fourth-order valence-electron chi connectivity index (χ4n) is 8.82. The molecule has 7 atom stereocenters. The third-order valence-electron chi connectivity index (χ3n) is 11.9. The normalized spacial score (nSPS) is 33.8. The summed E-state index contributed by atoms with van der Waals surface area (Å²) in [5.74, 6) is 4.72. The highest BCUT2D eigenvalue weighted by atomic mass is 35.5. The predicted molar refractivity (Wildman–Crippen MR) is 192 cm³/mol. The molecule has 7 rings (SSSR count). The molecular weight excluding hydrogens is 644 g/mol. The van der Waals surface area contributed by atoms with Crippen LogP contribution in [-0.2, 0) is 28.0 Å². The maximum atomic E-state index is 13.9. The summed E-state index contributed by atoms with van der Waals surface area (Å²) in [5, 5.41) is 13.0. The van der Waals surface area contributed by atoms with Gasteiger partial charge in [-0.2, -0.15) is 0 Å². The summed E-state index contributed by atoms with van der Waals surface area (Å²) in [6.45, 7) is 5.92. The van der Waals surface area contributed by atoms with Gasteiger partial charge in [0.1, 0.15) is 12.1 Å². The SMILES string of the molecule is C=S1(=O)NC(=O)c2ccc3c(c2)N(C[C@@H]2CC[C@H]2[C@](O)(Cc2ccncn2)CCC[C@H](C)[C@H]1C)C[C@@]1(CCCc2cc(Cl)ccc21)CO3. The maximum Gasteiger partial charge on any atom is 0.262 e. The number of nitrogens with one attached hydrogen (secondary N) is 1. The van der Waals surface area contributed by atoms with Crippen LogP contribution in [0.5, 0.6) is 5.75 Å². The molecule has 1 unspecified atom stereocenters. The fraction of sp³-hybridized carbons (Fsp3) is 0.526. The lowest BCUT2D eigenvalue weighted by molar-refractivity contribution is -0.0886. The van der Waals surface area contributed by atoms with Gasteiger partial charge in [-0.05, 0) is 123 Å². The van der Waals surface area contributed by atoms with Crippen molar-refractivity contribution >= 4 is 38.8 Å². The van der Waals surface area contributed by atoms with Crippen molar-refractivity contribution in [1.82, 2.24) is 14.7 Å². The van der Waals surface area contributed by atoms with Gasteiger partial charge in [0, 0.05) is 52.7 Å². The van der Waals surface area contributed by atoms with E-state index >= 15 is 0 Å². The second-order valence-electron chi connectivity index (χ2n) is 14.9. The van der Waals surface area contributed by atoms with E-state index < -0.39 is 15.3 Å². The first-order valence-corrected chi connectivity index (χ1v) is 19.6. The third kappa shape index (κ3) is 6.34. The molecule has 2 aliphatic carbocycles. The molecule has 3 aromatic rings. The van der Waals surface area contributed by atoms with E-state index in [1.54, 1.807) is 18.6 Å². The molecule has 1 amide bonds. The van der Waals surface area contributed by atoms with Gasteiger partial charge in [-0.25, -0.2) is 14.2 Å². The Bertz CT molecular complexity index is 1790. The number of carbonyl (C=O) groups excluding carboxylic acids is 1. The Morgan fingerprint density at radius 3 is 2.75 bits per heavy atom. The van der Waals surface area contributed by atoms with Crippen molar-refractivity contribution in [3.05, 3.63) is 82.4 Å². The van der Waals surface area contributed by atoms with Crippen LogP contribution in [0.3, 0.4) is 0 Å². The van der Waals surface area contributed by atoms with Crippen LogP contribution in [0.25, 0.3) is 0 Å². The molecule has 3 heterocycles. The van der Waals surface area contributed by atoms with Gasteiger partial charge >= 0.3 is 0 Å². The molecule has 2 aromatic carbocycles. The van der Waals surface area contributed by atoms with E-state index in [4.69, 9.17) is 16.3 Å². The summed E-state index contributed by atoms with van der Waals surface area (Å²) in [5.41, 5.74) is 3.47. The van der Waals surface area contributed by atoms with Gasteiger partial charge in [0.15, 0.2) is 0 Å². The number of amides is 1. The smallest absolute Gasteiger partial charge is 0.262 e. The number of nitrogens with zero attached hydrogens (tertiary/aromatic N) is 3. The lowest BCUT2D eigenvalue weighted by atomic mass is 9.61. The molecule has 8 nitrogen and oxygen atoms in total. The van der Waals surface area contributed by atoms with Crippen LogP contribution < -0.4 is 14.4 Å². The molecule has 256 valence electrons. The molecule has 2 aliphatic heterocycles. The number of benzene rings is 2. The van der Waals surface area contributed by atoms with E-state index in [0.29, 0.717) is 31.6 Å². The molecule has 0 saturated heterocycles. The number of aromatic nitrogens is 2. The molecule has 10 heteroatoms. The van der Waals surface area contributed by atoms with Gasteiger partial charge in [0.2, 0.25) is 0 Å². The standard InChI is InChI=1S/C38H47ClN4O4S/c1-25-6-4-16-38(45,20-31-14-17-40-24-41-31)33-11-8-29(33)21-43-22-37(15-5-7-27-18-30(39)10-12-32(27)37)23-47-35-13-9-28(19-34(35)43)36(44)42-48(3,46)26(25)2/h9-10,12-14,17-19,24-26,29,33,45H,3-8,11,15-16,20-23H2,1-2H3,(H,42,44,46)/t25-,26+,29-,33+,37-,38+,48?/m0/s1. The van der Waals surface area contributed by atoms with Crippen molar-refractivity contribution in [2.45, 2.75) is 87.9 Å². The monoisotopic (exact) mass is 690 g/mol. The molecule has 2 bridgehead atoms. The average molecular weight is 691 g/mol. The van der Waals surface area contributed by atoms with Crippen LogP contribution in [0, 0.1) is 17.8 Å². The van der Waals surface area contributed by atoms with Crippen molar-refractivity contribution in [3.8, 4) is 5.75 Å². The number of halogens is 1. The highest BCUT2D eigenvalue weighted by Gasteiger charge is 2.49. The molecule has 2 N–H and O–H groups in total. The van der Waals surface area contributed by atoms with Gasteiger partial charge in [-0.1, -0.05) is 31.0 Å². The Hall–Kier alpha value is -3.14. The molecule has 0 radical (unpaired) electrons. The van der Waals surface area contributed by atoms with Crippen molar-refractivity contribution in [2.24, 2.45) is 17.8 Å². The largest absolute Gasteiger partial charge is 0.490 e. The first-order valence-electron chi connectivity index (χ1n) is 17.4. The molecule has 4 aliphatic rings. The lowest BCUT2D eigenvalue weighted by Gasteiger charge is -2.50. The van der Waals surface area contributed by atoms with Crippen LogP contribution in [0.2, 0.25) is 5.02 Å². The van der Waals surface area contributed by atoms with Crippen LogP contribution in [-0.4, -0.2) is 61.6 Å². The molecule has 1 aromatic heterocycles. The summed E-state index contributed by atoms with van der Waals surface area (Å²) in [6, 6.07) is 13.7. The van der Waals surface area contributed by atoms with Crippen LogP contribution >= 0.6 is 11.6 Å². The number of hydrogen-bond donors (Lipinski definition) is 2. The van der Waals surface area contributed by atoms with Gasteiger partial charge in [0.25, 0.3) is 5.91 Å². The summed E-state index contributed by atoms with van der Waals surface area (Å²) in [7, 11) is -2.96. The van der Waals surface area contributed by atoms with E-state index in [9.17, 15) is 14.1 Å². The first-order chi connectivity index (χ1) is 23.0. The van der Waals surface area contributed by atoms with Crippen LogP contribution in [0.15, 0.2) is 55.0 Å².